The summed E-state index contributed by atoms with van der Waals surface area (Å²) in [5, 5.41) is 11.2. The molecule has 2 heterocycles. The van der Waals surface area contributed by atoms with Crippen LogP contribution >= 0.6 is 11.3 Å². The van der Waals surface area contributed by atoms with E-state index in [0.717, 1.165) is 11.3 Å². The van der Waals surface area contributed by atoms with E-state index in [1.54, 1.807) is 25.1 Å². The molecule has 4 rings (SSSR count). The second-order valence-electron chi connectivity index (χ2n) is 7.93. The Morgan fingerprint density at radius 3 is 2.57 bits per heavy atom. The molecule has 0 bridgehead atoms. The number of nitro groups is 1. The van der Waals surface area contributed by atoms with Gasteiger partial charge >= 0.3 is 11.9 Å². The maximum absolute atomic E-state index is 13.6. The number of aromatic nitrogens is 1. The third-order valence-corrected chi connectivity index (χ3v) is 6.55. The van der Waals surface area contributed by atoms with Gasteiger partial charge < -0.3 is 14.2 Å². The minimum Gasteiger partial charge on any atom is -0.493 e. The van der Waals surface area contributed by atoms with Crippen LogP contribution in [-0.4, -0.2) is 35.6 Å². The molecule has 0 aliphatic carbocycles. The number of non-ortho nitro benzene ring substituents is 1. The first kappa shape index (κ1) is 25.5. The number of rotatable bonds is 6. The summed E-state index contributed by atoms with van der Waals surface area (Å²) in [6, 6.07) is 9.67. The van der Waals surface area contributed by atoms with Crippen molar-refractivity contribution in [1.29, 1.82) is 0 Å². The molecule has 0 unspecified atom stereocenters. The lowest BCUT2D eigenvalue weighted by atomic mass is 9.95. The minimum atomic E-state index is -0.920. The summed E-state index contributed by atoms with van der Waals surface area (Å²) in [5.74, 6) is -0.796. The number of fused-ring (bicyclic) bond motifs is 1. The van der Waals surface area contributed by atoms with Crippen molar-refractivity contribution in [2.45, 2.75) is 19.9 Å². The number of thiazole rings is 1. The monoisotopic (exact) mass is 523 g/mol. The number of benzene rings is 2. The summed E-state index contributed by atoms with van der Waals surface area (Å²) in [6.45, 7) is 2.90. The van der Waals surface area contributed by atoms with Crippen molar-refractivity contribution < 1.29 is 28.7 Å². The molecule has 0 amide bonds. The quantitative estimate of drug-likeness (QED) is 0.207. The normalized spacial score (nSPS) is 15.0. The van der Waals surface area contributed by atoms with Crippen LogP contribution in [-0.2, 0) is 14.3 Å². The van der Waals surface area contributed by atoms with E-state index in [9.17, 15) is 24.5 Å². The number of esters is 2. The van der Waals surface area contributed by atoms with Crippen LogP contribution in [0.5, 0.6) is 11.5 Å². The average Bonchev–Trinajstić information content (AvgIpc) is 3.17. The zero-order chi connectivity index (χ0) is 26.9. The Balaban J connectivity index is 1.95. The summed E-state index contributed by atoms with van der Waals surface area (Å²) in [7, 11) is 2.64. The molecule has 1 aliphatic rings. The van der Waals surface area contributed by atoms with Crippen molar-refractivity contribution in [3.05, 3.63) is 94.7 Å². The van der Waals surface area contributed by atoms with Crippen molar-refractivity contribution >= 4 is 35.0 Å². The molecule has 0 radical (unpaired) electrons. The number of allylic oxidation sites excluding steroid dienone is 1. The van der Waals surface area contributed by atoms with Crippen molar-refractivity contribution in [2.75, 3.05) is 14.2 Å². The number of hydrogen-bond donors (Lipinski definition) is 0. The second kappa shape index (κ2) is 10.2. The third-order valence-electron chi connectivity index (χ3n) is 5.56. The van der Waals surface area contributed by atoms with Crippen molar-refractivity contribution in [3.8, 4) is 11.5 Å². The van der Waals surface area contributed by atoms with Crippen LogP contribution in [0.15, 0.2) is 63.5 Å². The van der Waals surface area contributed by atoms with Crippen LogP contribution in [0.1, 0.15) is 31.0 Å². The molecule has 190 valence electrons. The predicted octanol–water partition coefficient (Wildman–Crippen LogP) is 2.25. The molecular formula is C25H21N3O8S. The van der Waals surface area contributed by atoms with Crippen LogP contribution in [0.4, 0.5) is 5.69 Å². The first-order chi connectivity index (χ1) is 17.6. The van der Waals surface area contributed by atoms with Gasteiger partial charge in [0, 0.05) is 19.1 Å². The number of carbonyl (C=O) groups is 2. The molecule has 37 heavy (non-hydrogen) atoms. The van der Waals surface area contributed by atoms with E-state index < -0.39 is 28.5 Å². The molecule has 3 aromatic rings. The Labute approximate surface area is 213 Å². The first-order valence-corrected chi connectivity index (χ1v) is 11.7. The molecule has 11 nitrogen and oxygen atoms in total. The van der Waals surface area contributed by atoms with E-state index in [-0.39, 0.29) is 27.3 Å². The number of hydrogen-bond acceptors (Lipinski definition) is 10. The van der Waals surface area contributed by atoms with E-state index in [1.807, 2.05) is 0 Å². The van der Waals surface area contributed by atoms with Gasteiger partial charge in [-0.25, -0.2) is 9.79 Å². The van der Waals surface area contributed by atoms with Crippen LogP contribution in [0.25, 0.3) is 6.08 Å². The Morgan fingerprint density at radius 1 is 1.16 bits per heavy atom. The van der Waals surface area contributed by atoms with Gasteiger partial charge in [0.2, 0.25) is 0 Å². The van der Waals surface area contributed by atoms with Gasteiger partial charge in [0.25, 0.3) is 11.2 Å². The Morgan fingerprint density at radius 2 is 1.92 bits per heavy atom. The maximum Gasteiger partial charge on any atom is 0.338 e. The lowest BCUT2D eigenvalue weighted by Crippen LogP contribution is -2.39. The molecule has 1 aromatic heterocycles. The maximum atomic E-state index is 13.6. The third kappa shape index (κ3) is 4.91. The van der Waals surface area contributed by atoms with Gasteiger partial charge in [-0.2, -0.15) is 0 Å². The van der Waals surface area contributed by atoms with E-state index in [1.165, 1.54) is 56.1 Å². The molecule has 0 spiro atoms. The van der Waals surface area contributed by atoms with Crippen molar-refractivity contribution in [2.24, 2.45) is 4.99 Å². The van der Waals surface area contributed by atoms with Gasteiger partial charge in [0.05, 0.1) is 41.0 Å². The summed E-state index contributed by atoms with van der Waals surface area (Å²) in [6.07, 6.45) is 1.54. The molecule has 0 saturated heterocycles. The van der Waals surface area contributed by atoms with Crippen molar-refractivity contribution in [1.82, 2.24) is 4.57 Å². The standard InChI is InChI=1S/C25H21N3O8S/c1-13-21(24(31)35-4)22(16-8-9-18(36-14(2)29)19(12-16)34-3)27-23(30)20(37-25(27)26-13)11-15-6-5-7-17(10-15)28(32)33/h5-12,22H,1-4H3/b20-11+/t22-/m1/s1. The summed E-state index contributed by atoms with van der Waals surface area (Å²) in [4.78, 5) is 53.4. The zero-order valence-corrected chi connectivity index (χ0v) is 21.0. The van der Waals surface area contributed by atoms with Crippen molar-refractivity contribution in [3.63, 3.8) is 0 Å². The minimum absolute atomic E-state index is 0.108. The summed E-state index contributed by atoms with van der Waals surface area (Å²) < 4.78 is 17.2. The van der Waals surface area contributed by atoms with E-state index in [0.29, 0.717) is 21.6 Å². The van der Waals surface area contributed by atoms with E-state index in [2.05, 4.69) is 4.99 Å². The van der Waals surface area contributed by atoms with Gasteiger partial charge in [-0.3, -0.25) is 24.3 Å². The molecular weight excluding hydrogens is 502 g/mol. The smallest absolute Gasteiger partial charge is 0.338 e. The molecule has 2 aromatic carbocycles. The first-order valence-electron chi connectivity index (χ1n) is 10.9. The zero-order valence-electron chi connectivity index (χ0n) is 20.2. The Bertz CT molecular complexity index is 1650. The number of nitrogens with zero attached hydrogens (tertiary/aromatic N) is 3. The largest absolute Gasteiger partial charge is 0.493 e. The fraction of sp³-hybridized carbons (Fsp3) is 0.200. The van der Waals surface area contributed by atoms with Crippen LogP contribution in [0.2, 0.25) is 0 Å². The van der Waals surface area contributed by atoms with E-state index >= 15 is 0 Å². The van der Waals surface area contributed by atoms with Crippen LogP contribution < -0.4 is 24.4 Å². The number of carbonyl (C=O) groups excluding carboxylic acids is 2. The van der Waals surface area contributed by atoms with Gasteiger partial charge in [-0.1, -0.05) is 29.5 Å². The molecule has 12 heteroatoms. The summed E-state index contributed by atoms with van der Waals surface area (Å²) in [5.41, 5.74) is 0.917. The SMILES string of the molecule is COC(=O)C1=C(C)N=c2s/c(=C/c3cccc([N+](=O)[O-])c3)c(=O)n2[C@@H]1c1ccc(OC(C)=O)c(OC)c1. The highest BCUT2D eigenvalue weighted by atomic mass is 32.1. The highest BCUT2D eigenvalue weighted by molar-refractivity contribution is 7.07. The van der Waals surface area contributed by atoms with Crippen LogP contribution in [0, 0.1) is 10.1 Å². The summed E-state index contributed by atoms with van der Waals surface area (Å²) >= 11 is 1.09. The average molecular weight is 524 g/mol. The van der Waals surface area contributed by atoms with Crippen LogP contribution in [0.3, 0.4) is 0 Å². The lowest BCUT2D eigenvalue weighted by molar-refractivity contribution is -0.384. The Kier molecular flexibility index (Phi) is 7.02. The predicted molar refractivity (Wildman–Crippen MR) is 133 cm³/mol. The molecule has 0 fully saturated rings. The van der Waals surface area contributed by atoms with E-state index in [4.69, 9.17) is 14.2 Å². The molecule has 0 saturated carbocycles. The molecule has 1 atom stereocenters. The van der Waals surface area contributed by atoms with Gasteiger partial charge in [-0.15, -0.1) is 0 Å². The fourth-order valence-corrected chi connectivity index (χ4v) is 5.03. The lowest BCUT2D eigenvalue weighted by Gasteiger charge is -2.25. The topological polar surface area (TPSA) is 139 Å². The number of methoxy groups -OCH3 is 2. The van der Waals surface area contributed by atoms with Gasteiger partial charge in [0.15, 0.2) is 16.3 Å². The van der Waals surface area contributed by atoms with Gasteiger partial charge in [-0.05, 0) is 36.3 Å². The molecule has 0 N–H and O–H groups in total. The Hall–Kier alpha value is -4.58. The fourth-order valence-electron chi connectivity index (χ4n) is 3.98. The number of ether oxygens (including phenoxy) is 3. The molecule has 1 aliphatic heterocycles. The van der Waals surface area contributed by atoms with Gasteiger partial charge in [0.1, 0.15) is 0 Å². The highest BCUT2D eigenvalue weighted by Crippen LogP contribution is 2.36. The highest BCUT2D eigenvalue weighted by Gasteiger charge is 2.33. The second-order valence-corrected chi connectivity index (χ2v) is 8.94. The number of nitro benzene ring substituents is 1.